The fourth-order valence-corrected chi connectivity index (χ4v) is 3.99. The summed E-state index contributed by atoms with van der Waals surface area (Å²) in [5, 5.41) is 26.5. The Hall–Kier alpha value is -3.32. The van der Waals surface area contributed by atoms with Gasteiger partial charge in [-0.2, -0.15) is 11.8 Å². The third-order valence-corrected chi connectivity index (χ3v) is 6.70. The maximum Gasteiger partial charge on any atom is 0.326 e. The number of phenols is 1. The lowest BCUT2D eigenvalue weighted by molar-refractivity contribution is -0.142. The molecule has 5 unspecified atom stereocenters. The number of nitrogens with two attached hydrogens (primary N) is 2. The Morgan fingerprint density at radius 2 is 1.55 bits per heavy atom. The average molecular weight is 554 g/mol. The minimum Gasteiger partial charge on any atom is -0.508 e. The molecule has 0 aromatic heterocycles. The quantitative estimate of drug-likeness (QED) is 0.137. The molecule has 1 aromatic carbocycles. The average Bonchev–Trinajstić information content (AvgIpc) is 2.87. The van der Waals surface area contributed by atoms with Crippen molar-refractivity contribution in [1.82, 2.24) is 16.0 Å². The van der Waals surface area contributed by atoms with Crippen LogP contribution < -0.4 is 27.4 Å². The van der Waals surface area contributed by atoms with Crippen molar-refractivity contribution in [2.75, 3.05) is 12.0 Å². The van der Waals surface area contributed by atoms with Gasteiger partial charge >= 0.3 is 5.97 Å². The van der Waals surface area contributed by atoms with Gasteiger partial charge in [-0.1, -0.05) is 32.4 Å². The molecule has 0 fully saturated rings. The predicted molar refractivity (Wildman–Crippen MR) is 144 cm³/mol. The molecule has 9 N–H and O–H groups in total. The SMILES string of the molecule is CCC(C)C(NC(=O)C(CCC(N)=O)NC(=O)C(N)Cc1ccc(O)cc1)C(=O)NC(CCSC)C(=O)O. The number of carboxylic acid groups (broad SMARTS) is 1. The Labute approximate surface area is 226 Å². The first-order valence-electron chi connectivity index (χ1n) is 12.3. The van der Waals surface area contributed by atoms with Crippen LogP contribution in [0.5, 0.6) is 5.75 Å². The predicted octanol–water partition coefficient (Wildman–Crippen LogP) is -0.134. The van der Waals surface area contributed by atoms with Crippen LogP contribution in [-0.4, -0.2) is 76.0 Å². The number of hydrogen-bond donors (Lipinski definition) is 7. The van der Waals surface area contributed by atoms with Crippen LogP contribution in [0, 0.1) is 5.92 Å². The maximum atomic E-state index is 13.2. The normalized spacial score (nSPS) is 14.8. The van der Waals surface area contributed by atoms with Crippen LogP contribution in [0.25, 0.3) is 0 Å². The second kappa shape index (κ2) is 16.5. The topological polar surface area (TPSA) is 214 Å². The lowest BCUT2D eigenvalue weighted by atomic mass is 9.97. The molecule has 0 aliphatic carbocycles. The van der Waals surface area contributed by atoms with E-state index in [9.17, 15) is 34.2 Å². The number of primary amides is 1. The van der Waals surface area contributed by atoms with E-state index in [2.05, 4.69) is 16.0 Å². The number of amides is 4. The summed E-state index contributed by atoms with van der Waals surface area (Å²) in [7, 11) is 0. The van der Waals surface area contributed by atoms with Gasteiger partial charge in [-0.3, -0.25) is 19.2 Å². The molecule has 1 rings (SSSR count). The molecule has 1 aromatic rings. The van der Waals surface area contributed by atoms with Gasteiger partial charge in [-0.25, -0.2) is 4.79 Å². The Bertz CT molecular complexity index is 960. The number of hydrogen-bond acceptors (Lipinski definition) is 8. The molecule has 12 nitrogen and oxygen atoms in total. The molecule has 0 aliphatic rings. The van der Waals surface area contributed by atoms with E-state index < -0.39 is 53.8 Å². The van der Waals surface area contributed by atoms with Gasteiger partial charge in [0.15, 0.2) is 0 Å². The second-order valence-corrected chi connectivity index (χ2v) is 10.1. The molecule has 0 spiro atoms. The Kier molecular flexibility index (Phi) is 14.2. The lowest BCUT2D eigenvalue weighted by Gasteiger charge is -2.28. The van der Waals surface area contributed by atoms with Crippen molar-refractivity contribution in [1.29, 1.82) is 0 Å². The maximum absolute atomic E-state index is 13.2. The van der Waals surface area contributed by atoms with E-state index in [-0.39, 0.29) is 37.4 Å². The summed E-state index contributed by atoms with van der Waals surface area (Å²) in [6.45, 7) is 3.54. The van der Waals surface area contributed by atoms with Crippen LogP contribution in [0.15, 0.2) is 24.3 Å². The first-order chi connectivity index (χ1) is 17.9. The number of aromatic hydroxyl groups is 1. The van der Waals surface area contributed by atoms with Crippen molar-refractivity contribution in [2.24, 2.45) is 17.4 Å². The van der Waals surface area contributed by atoms with Gasteiger partial charge in [0.05, 0.1) is 6.04 Å². The molecule has 0 saturated heterocycles. The number of benzene rings is 1. The highest BCUT2D eigenvalue weighted by molar-refractivity contribution is 7.98. The molecule has 0 saturated carbocycles. The summed E-state index contributed by atoms with van der Waals surface area (Å²) in [6, 6.07) is 1.68. The van der Waals surface area contributed by atoms with E-state index in [0.717, 1.165) is 0 Å². The first kappa shape index (κ1) is 32.7. The van der Waals surface area contributed by atoms with Crippen molar-refractivity contribution >= 4 is 41.4 Å². The van der Waals surface area contributed by atoms with Crippen LogP contribution in [0.3, 0.4) is 0 Å². The smallest absolute Gasteiger partial charge is 0.326 e. The third-order valence-electron chi connectivity index (χ3n) is 6.06. The third kappa shape index (κ3) is 11.4. The van der Waals surface area contributed by atoms with Crippen LogP contribution in [0.1, 0.15) is 45.1 Å². The van der Waals surface area contributed by atoms with Crippen molar-refractivity contribution in [2.45, 2.75) is 70.1 Å². The summed E-state index contributed by atoms with van der Waals surface area (Å²) in [4.78, 5) is 61.9. The number of carbonyl (C=O) groups is 5. The van der Waals surface area contributed by atoms with Crippen LogP contribution >= 0.6 is 11.8 Å². The van der Waals surface area contributed by atoms with Gasteiger partial charge < -0.3 is 37.6 Å². The lowest BCUT2D eigenvalue weighted by Crippen LogP contribution is -2.59. The van der Waals surface area contributed by atoms with Crippen molar-refractivity contribution in [3.8, 4) is 5.75 Å². The van der Waals surface area contributed by atoms with E-state index >= 15 is 0 Å². The number of carbonyl (C=O) groups excluding carboxylic acids is 4. The van der Waals surface area contributed by atoms with Gasteiger partial charge in [0.1, 0.15) is 23.9 Å². The zero-order valence-electron chi connectivity index (χ0n) is 21.9. The first-order valence-corrected chi connectivity index (χ1v) is 13.7. The molecule has 4 amide bonds. The number of rotatable bonds is 17. The van der Waals surface area contributed by atoms with Crippen molar-refractivity contribution in [3.05, 3.63) is 29.8 Å². The van der Waals surface area contributed by atoms with E-state index in [4.69, 9.17) is 11.5 Å². The summed E-state index contributed by atoms with van der Waals surface area (Å²) in [5.41, 5.74) is 11.9. The number of nitrogens with one attached hydrogen (secondary N) is 3. The molecular formula is C25H39N5O7S. The fraction of sp³-hybridized carbons (Fsp3) is 0.560. The molecule has 212 valence electrons. The minimum absolute atomic E-state index is 0.0637. The van der Waals surface area contributed by atoms with Gasteiger partial charge in [0, 0.05) is 6.42 Å². The standard InChI is InChI=1S/C25H39N5O7S/c1-4-14(2)21(24(35)29-19(25(36)37)11-12-38-3)30-23(34)18(9-10-20(27)32)28-22(33)17(26)13-15-5-7-16(31)8-6-15/h5-8,14,17-19,21,31H,4,9-13,26H2,1-3H3,(H2,27,32)(H,28,33)(H,29,35)(H,30,34)(H,36,37). The summed E-state index contributed by atoms with van der Waals surface area (Å²) in [6.07, 6.45) is 2.32. The van der Waals surface area contributed by atoms with Crippen LogP contribution in [-0.2, 0) is 30.4 Å². The van der Waals surface area contributed by atoms with Crippen LogP contribution in [0.4, 0.5) is 0 Å². The van der Waals surface area contributed by atoms with Gasteiger partial charge in [-0.05, 0) is 54.9 Å². The molecule has 38 heavy (non-hydrogen) atoms. The Morgan fingerprint density at radius 1 is 0.947 bits per heavy atom. The van der Waals surface area contributed by atoms with E-state index in [0.29, 0.717) is 17.7 Å². The van der Waals surface area contributed by atoms with Gasteiger partial charge in [0.2, 0.25) is 23.6 Å². The highest BCUT2D eigenvalue weighted by Gasteiger charge is 2.32. The summed E-state index contributed by atoms with van der Waals surface area (Å²) in [5.74, 6) is -3.70. The number of carboxylic acids is 1. The molecule has 0 radical (unpaired) electrons. The highest BCUT2D eigenvalue weighted by atomic mass is 32.2. The second-order valence-electron chi connectivity index (χ2n) is 9.10. The zero-order valence-corrected chi connectivity index (χ0v) is 22.8. The number of phenolic OH excluding ortho intramolecular Hbond substituents is 1. The van der Waals surface area contributed by atoms with Gasteiger partial charge in [0.25, 0.3) is 0 Å². The van der Waals surface area contributed by atoms with E-state index in [1.807, 2.05) is 13.2 Å². The zero-order chi connectivity index (χ0) is 28.8. The van der Waals surface area contributed by atoms with Crippen molar-refractivity contribution < 1.29 is 34.2 Å². The number of aliphatic carboxylic acids is 1. The fourth-order valence-electron chi connectivity index (χ4n) is 3.52. The van der Waals surface area contributed by atoms with Crippen LogP contribution in [0.2, 0.25) is 0 Å². The van der Waals surface area contributed by atoms with E-state index in [1.54, 1.807) is 19.1 Å². The molecule has 0 heterocycles. The molecule has 5 atom stereocenters. The molecule has 13 heteroatoms. The molecular weight excluding hydrogens is 514 g/mol. The minimum atomic E-state index is -1.22. The molecule has 0 aliphatic heterocycles. The van der Waals surface area contributed by atoms with E-state index in [1.165, 1.54) is 23.9 Å². The Balaban J connectivity index is 3.01. The molecule has 0 bridgehead atoms. The largest absolute Gasteiger partial charge is 0.508 e. The Morgan fingerprint density at radius 3 is 2.08 bits per heavy atom. The number of thioether (sulfide) groups is 1. The summed E-state index contributed by atoms with van der Waals surface area (Å²) < 4.78 is 0. The monoisotopic (exact) mass is 553 g/mol. The van der Waals surface area contributed by atoms with Gasteiger partial charge in [-0.15, -0.1) is 0 Å². The van der Waals surface area contributed by atoms with Crippen molar-refractivity contribution in [3.63, 3.8) is 0 Å². The highest BCUT2D eigenvalue weighted by Crippen LogP contribution is 2.13. The summed E-state index contributed by atoms with van der Waals surface area (Å²) >= 11 is 1.44.